The maximum absolute atomic E-state index is 13.2. The van der Waals surface area contributed by atoms with Crippen molar-refractivity contribution in [3.63, 3.8) is 0 Å². The maximum Gasteiger partial charge on any atom is 0.123 e. The number of aliphatic hydroxyl groups is 4. The first-order valence-electron chi connectivity index (χ1n) is 10.1. The molecule has 0 aliphatic carbocycles. The lowest BCUT2D eigenvalue weighted by molar-refractivity contribution is -0.231. The Kier molecular flexibility index (Phi) is 6.52. The summed E-state index contributed by atoms with van der Waals surface area (Å²) < 4.78 is 18.9. The van der Waals surface area contributed by atoms with Crippen LogP contribution in [-0.2, 0) is 11.2 Å². The molecule has 0 unspecified atom stereocenters. The third-order valence-corrected chi connectivity index (χ3v) is 6.88. The van der Waals surface area contributed by atoms with Crippen LogP contribution in [0.2, 0.25) is 0 Å². The van der Waals surface area contributed by atoms with E-state index in [1.807, 2.05) is 37.3 Å². The van der Waals surface area contributed by atoms with E-state index in [1.165, 1.54) is 12.1 Å². The Morgan fingerprint density at radius 1 is 0.935 bits per heavy atom. The summed E-state index contributed by atoms with van der Waals surface area (Å²) >= 11 is 1.63. The Labute approximate surface area is 184 Å². The Morgan fingerprint density at radius 3 is 2.39 bits per heavy atom. The smallest absolute Gasteiger partial charge is 0.123 e. The number of hydrogen-bond donors (Lipinski definition) is 4. The Balaban J connectivity index is 1.57. The van der Waals surface area contributed by atoms with Gasteiger partial charge in [0.1, 0.15) is 36.3 Å². The van der Waals surface area contributed by atoms with Gasteiger partial charge in [0.05, 0.1) is 6.61 Å². The predicted octanol–water partition coefficient (Wildman–Crippen LogP) is 2.97. The number of aryl methyl sites for hydroxylation is 1. The molecular weight excluding hydrogens is 419 g/mol. The molecule has 1 aromatic heterocycles. The normalized spacial score (nSPS) is 26.2. The number of benzene rings is 2. The molecule has 1 fully saturated rings. The minimum absolute atomic E-state index is 0.263. The SMILES string of the molecule is Cc1ccc([C@@H]2O[C@H](CO)[C@H](O)[C@H](O)[C@H]2O)cc1Cc1ccc(-c2ccc(F)cc2)s1. The largest absolute Gasteiger partial charge is 0.394 e. The molecule has 1 aliphatic rings. The molecule has 31 heavy (non-hydrogen) atoms. The zero-order valence-electron chi connectivity index (χ0n) is 17.0. The highest BCUT2D eigenvalue weighted by Gasteiger charge is 2.43. The van der Waals surface area contributed by atoms with Gasteiger partial charge in [-0.2, -0.15) is 0 Å². The number of rotatable bonds is 5. The zero-order valence-corrected chi connectivity index (χ0v) is 17.8. The fraction of sp³-hybridized carbons (Fsp3) is 0.333. The molecule has 5 nitrogen and oxygen atoms in total. The van der Waals surface area contributed by atoms with Crippen LogP contribution in [0.15, 0.2) is 54.6 Å². The van der Waals surface area contributed by atoms with Crippen molar-refractivity contribution in [1.82, 2.24) is 0 Å². The van der Waals surface area contributed by atoms with Gasteiger partial charge in [-0.05, 0) is 53.4 Å². The average Bonchev–Trinajstić information content (AvgIpc) is 3.23. The number of thiophene rings is 1. The maximum atomic E-state index is 13.2. The number of hydrogen-bond acceptors (Lipinski definition) is 6. The van der Waals surface area contributed by atoms with Crippen LogP contribution in [0, 0.1) is 12.7 Å². The van der Waals surface area contributed by atoms with Crippen molar-refractivity contribution >= 4 is 11.3 Å². The molecule has 0 saturated carbocycles. The van der Waals surface area contributed by atoms with Gasteiger partial charge >= 0.3 is 0 Å². The highest BCUT2D eigenvalue weighted by Crippen LogP contribution is 2.35. The van der Waals surface area contributed by atoms with Crippen molar-refractivity contribution < 1.29 is 29.6 Å². The minimum atomic E-state index is -1.41. The molecule has 1 saturated heterocycles. The summed E-state index contributed by atoms with van der Waals surface area (Å²) in [6, 6.07) is 16.2. The molecule has 0 spiro atoms. The van der Waals surface area contributed by atoms with Crippen molar-refractivity contribution in [2.75, 3.05) is 6.61 Å². The molecule has 164 valence electrons. The first kappa shape index (κ1) is 22.1. The third-order valence-electron chi connectivity index (χ3n) is 5.75. The second kappa shape index (κ2) is 9.16. The van der Waals surface area contributed by atoms with Crippen LogP contribution in [0.25, 0.3) is 10.4 Å². The molecule has 0 bridgehead atoms. The van der Waals surface area contributed by atoms with Crippen LogP contribution in [0.1, 0.15) is 27.7 Å². The van der Waals surface area contributed by atoms with Gasteiger partial charge in [0, 0.05) is 16.2 Å². The molecule has 7 heteroatoms. The van der Waals surface area contributed by atoms with E-state index in [-0.39, 0.29) is 5.82 Å². The Morgan fingerprint density at radius 2 is 1.68 bits per heavy atom. The van der Waals surface area contributed by atoms with Crippen LogP contribution in [-0.4, -0.2) is 51.4 Å². The topological polar surface area (TPSA) is 90.2 Å². The van der Waals surface area contributed by atoms with Gasteiger partial charge < -0.3 is 25.2 Å². The summed E-state index contributed by atoms with van der Waals surface area (Å²) in [5.41, 5.74) is 3.75. The lowest BCUT2D eigenvalue weighted by Gasteiger charge is -2.40. The van der Waals surface area contributed by atoms with Crippen molar-refractivity contribution in [3.05, 3.63) is 82.0 Å². The van der Waals surface area contributed by atoms with Gasteiger partial charge in [0.15, 0.2) is 0 Å². The zero-order chi connectivity index (χ0) is 22.1. The summed E-state index contributed by atoms with van der Waals surface area (Å²) in [5, 5.41) is 40.0. The molecule has 1 aliphatic heterocycles. The first-order valence-corrected chi connectivity index (χ1v) is 10.9. The number of aliphatic hydroxyl groups excluding tert-OH is 4. The van der Waals surface area contributed by atoms with Gasteiger partial charge in [0.25, 0.3) is 0 Å². The van der Waals surface area contributed by atoms with Gasteiger partial charge in [-0.3, -0.25) is 0 Å². The van der Waals surface area contributed by atoms with E-state index in [9.17, 15) is 24.8 Å². The predicted molar refractivity (Wildman–Crippen MR) is 116 cm³/mol. The summed E-state index contributed by atoms with van der Waals surface area (Å²) in [5.74, 6) is -0.263. The molecular formula is C24H25FO5S. The van der Waals surface area contributed by atoms with Gasteiger partial charge in [-0.25, -0.2) is 4.39 Å². The van der Waals surface area contributed by atoms with Crippen molar-refractivity contribution in [3.8, 4) is 10.4 Å². The highest BCUT2D eigenvalue weighted by molar-refractivity contribution is 7.15. The Hall–Kier alpha value is -2.13. The van der Waals surface area contributed by atoms with Gasteiger partial charge in [0.2, 0.25) is 0 Å². The van der Waals surface area contributed by atoms with Crippen LogP contribution in [0.4, 0.5) is 4.39 Å². The molecule has 2 aromatic carbocycles. The van der Waals surface area contributed by atoms with Crippen molar-refractivity contribution in [2.45, 2.75) is 43.9 Å². The fourth-order valence-corrected chi connectivity index (χ4v) is 4.90. The lowest BCUT2D eigenvalue weighted by Crippen LogP contribution is -2.55. The molecule has 0 amide bonds. The number of halogens is 1. The standard InChI is InChI=1S/C24H25FO5S/c1-13-2-3-15(24-23(29)22(28)21(27)19(12-26)30-24)10-16(13)11-18-8-9-20(31-18)14-4-6-17(25)7-5-14/h2-10,19,21-24,26-29H,11-12H2,1H3/t19-,21+,22+,23-,24+/m1/s1. The molecule has 2 heterocycles. The molecule has 4 N–H and O–H groups in total. The van der Waals surface area contributed by atoms with Crippen molar-refractivity contribution in [1.29, 1.82) is 0 Å². The summed E-state index contributed by atoms with van der Waals surface area (Å²) in [4.78, 5) is 2.19. The van der Waals surface area contributed by atoms with E-state index in [0.29, 0.717) is 12.0 Å². The quantitative estimate of drug-likeness (QED) is 0.486. The average molecular weight is 445 g/mol. The van der Waals surface area contributed by atoms with E-state index in [0.717, 1.165) is 26.4 Å². The van der Waals surface area contributed by atoms with Crippen LogP contribution in [0.3, 0.4) is 0 Å². The fourth-order valence-electron chi connectivity index (χ4n) is 3.87. The summed E-state index contributed by atoms with van der Waals surface area (Å²) in [6.45, 7) is 1.54. The first-order chi connectivity index (χ1) is 14.9. The van der Waals surface area contributed by atoms with Crippen LogP contribution >= 0.6 is 11.3 Å². The summed E-state index contributed by atoms with van der Waals surface area (Å²) in [7, 11) is 0. The second-order valence-electron chi connectivity index (χ2n) is 7.89. The number of ether oxygens (including phenoxy) is 1. The monoisotopic (exact) mass is 444 g/mol. The van der Waals surface area contributed by atoms with Crippen LogP contribution < -0.4 is 0 Å². The van der Waals surface area contributed by atoms with Gasteiger partial charge in [-0.15, -0.1) is 11.3 Å². The highest BCUT2D eigenvalue weighted by atomic mass is 32.1. The molecule has 3 aromatic rings. The van der Waals surface area contributed by atoms with E-state index in [1.54, 1.807) is 23.5 Å². The molecule has 0 radical (unpaired) electrons. The van der Waals surface area contributed by atoms with E-state index in [2.05, 4.69) is 0 Å². The second-order valence-corrected chi connectivity index (χ2v) is 9.05. The minimum Gasteiger partial charge on any atom is -0.394 e. The van der Waals surface area contributed by atoms with E-state index < -0.39 is 37.1 Å². The third kappa shape index (κ3) is 4.57. The van der Waals surface area contributed by atoms with Crippen LogP contribution in [0.5, 0.6) is 0 Å². The van der Waals surface area contributed by atoms with E-state index >= 15 is 0 Å². The van der Waals surface area contributed by atoms with Crippen molar-refractivity contribution in [2.24, 2.45) is 0 Å². The lowest BCUT2D eigenvalue weighted by atomic mass is 9.89. The Bertz CT molecular complexity index is 1030. The van der Waals surface area contributed by atoms with Gasteiger partial charge in [-0.1, -0.05) is 30.3 Å². The van der Waals surface area contributed by atoms with E-state index in [4.69, 9.17) is 4.74 Å². The summed E-state index contributed by atoms with van der Waals surface area (Å²) in [6.07, 6.45) is -5.21. The molecule has 5 atom stereocenters. The molecule has 4 rings (SSSR count).